The molecule has 3 aromatic rings. The Hall–Kier alpha value is -2.77. The monoisotopic (exact) mass is 426 g/mol. The van der Waals surface area contributed by atoms with Gasteiger partial charge in [0.2, 0.25) is 0 Å². The van der Waals surface area contributed by atoms with E-state index in [1.165, 1.54) is 11.4 Å². The van der Waals surface area contributed by atoms with E-state index in [1.54, 1.807) is 66.4 Å². The van der Waals surface area contributed by atoms with Crippen LogP contribution in [-0.2, 0) is 10.0 Å². The summed E-state index contributed by atoms with van der Waals surface area (Å²) in [6.45, 7) is 0.515. The van der Waals surface area contributed by atoms with Crippen molar-refractivity contribution in [2.45, 2.75) is 9.79 Å². The molecule has 1 N–H and O–H groups in total. The number of hydrogen-bond acceptors (Lipinski definition) is 4. The van der Waals surface area contributed by atoms with Gasteiger partial charge in [0.25, 0.3) is 15.9 Å². The van der Waals surface area contributed by atoms with Crippen LogP contribution in [0.2, 0.25) is 0 Å². The minimum atomic E-state index is -3.69. The Balaban J connectivity index is 1.63. The van der Waals surface area contributed by atoms with E-state index < -0.39 is 10.0 Å². The average Bonchev–Trinajstić information content (AvgIpc) is 2.77. The highest BCUT2D eigenvalue weighted by atomic mass is 32.2. The number of amides is 1. The smallest absolute Gasteiger partial charge is 0.264 e. The third-order valence-electron chi connectivity index (χ3n) is 4.27. The Morgan fingerprint density at radius 2 is 1.59 bits per heavy atom. The number of benzene rings is 3. The van der Waals surface area contributed by atoms with Gasteiger partial charge in [-0.25, -0.2) is 8.42 Å². The largest absolute Gasteiger partial charge is 0.351 e. The van der Waals surface area contributed by atoms with Crippen molar-refractivity contribution in [1.29, 1.82) is 0 Å². The molecular formula is C22H22N2O3S2. The summed E-state index contributed by atoms with van der Waals surface area (Å²) in [5.41, 5.74) is 0.850. The van der Waals surface area contributed by atoms with E-state index in [2.05, 4.69) is 5.32 Å². The number of carbonyl (C=O) groups excluding carboxylic acids is 1. The summed E-state index contributed by atoms with van der Waals surface area (Å²) in [5.74, 6) is 0.517. The van der Waals surface area contributed by atoms with Crippen molar-refractivity contribution < 1.29 is 13.2 Å². The van der Waals surface area contributed by atoms with Crippen molar-refractivity contribution in [3.05, 3.63) is 90.5 Å². The van der Waals surface area contributed by atoms with Gasteiger partial charge in [-0.3, -0.25) is 9.10 Å². The second-order valence-corrected chi connectivity index (χ2v) is 9.39. The Kier molecular flexibility index (Phi) is 6.95. The molecular weight excluding hydrogens is 404 g/mol. The Labute approximate surface area is 175 Å². The fourth-order valence-corrected chi connectivity index (χ4v) is 4.68. The molecule has 0 aliphatic rings. The van der Waals surface area contributed by atoms with Crippen molar-refractivity contribution >= 4 is 33.4 Å². The van der Waals surface area contributed by atoms with E-state index in [0.717, 1.165) is 10.6 Å². The highest BCUT2D eigenvalue weighted by molar-refractivity contribution is 7.99. The van der Waals surface area contributed by atoms with Gasteiger partial charge in [0.1, 0.15) is 0 Å². The molecule has 0 fully saturated rings. The van der Waals surface area contributed by atoms with Crippen LogP contribution in [0.4, 0.5) is 5.69 Å². The molecule has 0 atom stereocenters. The van der Waals surface area contributed by atoms with E-state index in [9.17, 15) is 13.2 Å². The molecule has 150 valence electrons. The van der Waals surface area contributed by atoms with Crippen LogP contribution in [0.1, 0.15) is 10.4 Å². The highest BCUT2D eigenvalue weighted by Gasteiger charge is 2.21. The van der Waals surface area contributed by atoms with Crippen LogP contribution >= 0.6 is 11.8 Å². The molecule has 0 saturated heterocycles. The van der Waals surface area contributed by atoms with Crippen molar-refractivity contribution in [2.24, 2.45) is 0 Å². The second-order valence-electron chi connectivity index (χ2n) is 6.25. The number of anilines is 1. The number of nitrogens with zero attached hydrogens (tertiary/aromatic N) is 1. The Morgan fingerprint density at radius 1 is 0.931 bits per heavy atom. The number of thioether (sulfide) groups is 1. The molecule has 0 unspecified atom stereocenters. The van der Waals surface area contributed by atoms with Crippen LogP contribution in [0.25, 0.3) is 0 Å². The van der Waals surface area contributed by atoms with Crippen LogP contribution in [0.15, 0.2) is 94.7 Å². The maximum absolute atomic E-state index is 12.8. The number of hydrogen-bond donors (Lipinski definition) is 1. The first-order valence-corrected chi connectivity index (χ1v) is 11.5. The molecule has 0 bridgehead atoms. The summed E-state index contributed by atoms with van der Waals surface area (Å²) < 4.78 is 26.7. The maximum Gasteiger partial charge on any atom is 0.264 e. The van der Waals surface area contributed by atoms with Gasteiger partial charge in [0.15, 0.2) is 0 Å². The number of rotatable bonds is 8. The van der Waals surface area contributed by atoms with Crippen LogP contribution < -0.4 is 9.62 Å². The molecule has 7 heteroatoms. The summed E-state index contributed by atoms with van der Waals surface area (Å²) in [6.07, 6.45) is 0. The SMILES string of the molecule is CN(c1cccc(C(=O)NCCSc2ccccc2)c1)S(=O)(=O)c1ccccc1. The molecule has 29 heavy (non-hydrogen) atoms. The van der Waals surface area contributed by atoms with Crippen molar-refractivity contribution in [3.63, 3.8) is 0 Å². The lowest BCUT2D eigenvalue weighted by molar-refractivity contribution is 0.0956. The lowest BCUT2D eigenvalue weighted by Gasteiger charge is -2.20. The first-order chi connectivity index (χ1) is 14.0. The van der Waals surface area contributed by atoms with E-state index >= 15 is 0 Å². The minimum Gasteiger partial charge on any atom is -0.351 e. The van der Waals surface area contributed by atoms with E-state index in [0.29, 0.717) is 17.8 Å². The molecule has 5 nitrogen and oxygen atoms in total. The lowest BCUT2D eigenvalue weighted by atomic mass is 10.2. The molecule has 0 radical (unpaired) electrons. The number of nitrogens with one attached hydrogen (secondary N) is 1. The van der Waals surface area contributed by atoms with Crippen LogP contribution in [0, 0.1) is 0 Å². The third kappa shape index (κ3) is 5.40. The highest BCUT2D eigenvalue weighted by Crippen LogP contribution is 2.23. The van der Waals surface area contributed by atoms with Crippen LogP contribution in [0.5, 0.6) is 0 Å². The van der Waals surface area contributed by atoms with Gasteiger partial charge in [0, 0.05) is 29.8 Å². The Morgan fingerprint density at radius 3 is 2.28 bits per heavy atom. The maximum atomic E-state index is 12.8. The van der Waals surface area contributed by atoms with Crippen molar-refractivity contribution in [1.82, 2.24) is 5.32 Å². The predicted molar refractivity (Wildman–Crippen MR) is 118 cm³/mol. The lowest BCUT2D eigenvalue weighted by Crippen LogP contribution is -2.28. The van der Waals surface area contributed by atoms with E-state index in [1.807, 2.05) is 30.3 Å². The quantitative estimate of drug-likeness (QED) is 0.436. The zero-order valence-corrected chi connectivity index (χ0v) is 17.6. The molecule has 0 heterocycles. The normalized spacial score (nSPS) is 11.1. The van der Waals surface area contributed by atoms with Crippen LogP contribution in [0.3, 0.4) is 0 Å². The Bertz CT molecular complexity index is 1060. The topological polar surface area (TPSA) is 66.5 Å². The van der Waals surface area contributed by atoms with E-state index in [4.69, 9.17) is 0 Å². The van der Waals surface area contributed by atoms with Gasteiger partial charge < -0.3 is 5.32 Å². The van der Waals surface area contributed by atoms with Crippen LogP contribution in [-0.4, -0.2) is 33.7 Å². The summed E-state index contributed by atoms with van der Waals surface area (Å²) in [5, 5.41) is 2.88. The molecule has 0 aromatic heterocycles. The number of sulfonamides is 1. The van der Waals surface area contributed by atoms with Crippen molar-refractivity contribution in [2.75, 3.05) is 23.7 Å². The summed E-state index contributed by atoms with van der Waals surface area (Å²) in [6, 6.07) is 24.8. The molecule has 0 aliphatic carbocycles. The fraction of sp³-hybridized carbons (Fsp3) is 0.136. The summed E-state index contributed by atoms with van der Waals surface area (Å²) >= 11 is 1.66. The fourth-order valence-electron chi connectivity index (χ4n) is 2.68. The molecule has 3 aromatic carbocycles. The molecule has 0 spiro atoms. The second kappa shape index (κ2) is 9.62. The van der Waals surface area contributed by atoms with Gasteiger partial charge in [-0.2, -0.15) is 0 Å². The zero-order chi connectivity index (χ0) is 20.7. The predicted octanol–water partition coefficient (Wildman–Crippen LogP) is 4.03. The van der Waals surface area contributed by atoms with Gasteiger partial charge in [0.05, 0.1) is 10.6 Å². The first kappa shape index (κ1) is 21.0. The average molecular weight is 427 g/mol. The van der Waals surface area contributed by atoms with E-state index in [-0.39, 0.29) is 10.8 Å². The molecule has 0 aliphatic heterocycles. The minimum absolute atomic E-state index is 0.204. The molecule has 1 amide bonds. The van der Waals surface area contributed by atoms with Crippen molar-refractivity contribution in [3.8, 4) is 0 Å². The van der Waals surface area contributed by atoms with Gasteiger partial charge >= 0.3 is 0 Å². The molecule has 3 rings (SSSR count). The first-order valence-electron chi connectivity index (χ1n) is 9.08. The van der Waals surface area contributed by atoms with Gasteiger partial charge in [-0.05, 0) is 42.5 Å². The molecule has 0 saturated carbocycles. The van der Waals surface area contributed by atoms with Gasteiger partial charge in [-0.1, -0.05) is 42.5 Å². The van der Waals surface area contributed by atoms with Gasteiger partial charge in [-0.15, -0.1) is 11.8 Å². The zero-order valence-electron chi connectivity index (χ0n) is 16.0. The third-order valence-corrected chi connectivity index (χ3v) is 7.09. The number of carbonyl (C=O) groups is 1. The summed E-state index contributed by atoms with van der Waals surface area (Å²) in [7, 11) is -2.21. The standard InChI is InChI=1S/C22H22N2O3S2/c1-24(29(26,27)21-13-6-3-7-14-21)19-10-8-9-18(17-19)22(25)23-15-16-28-20-11-4-2-5-12-20/h2-14,17H,15-16H2,1H3,(H,23,25). The summed E-state index contributed by atoms with van der Waals surface area (Å²) in [4.78, 5) is 13.8.